The van der Waals surface area contributed by atoms with Crippen LogP contribution < -0.4 is 10.6 Å². The zero-order valence-corrected chi connectivity index (χ0v) is 17.3. The van der Waals surface area contributed by atoms with E-state index in [0.717, 1.165) is 5.56 Å². The first-order valence-corrected chi connectivity index (χ1v) is 9.24. The van der Waals surface area contributed by atoms with Crippen LogP contribution >= 0.6 is 15.9 Å². The fraction of sp³-hybridized carbons (Fsp3) is 0.250. The standard InChI is InChI=1S/C20H21BrN2O5/c1-20(2,3)28-19(27)23-14-6-4-5-12(9-14)11-22-17(24)13-7-8-15(18(25)26)16(21)10-13/h4-10H,11H2,1-3H3,(H,22,24)(H,23,27)(H,25,26). The van der Waals surface area contributed by atoms with Crippen molar-refractivity contribution in [2.45, 2.75) is 32.9 Å². The molecule has 0 fully saturated rings. The minimum Gasteiger partial charge on any atom is -0.478 e. The molecule has 148 valence electrons. The van der Waals surface area contributed by atoms with E-state index >= 15 is 0 Å². The molecule has 2 aromatic rings. The minimum atomic E-state index is -1.08. The average molecular weight is 449 g/mol. The molecule has 7 nitrogen and oxygen atoms in total. The van der Waals surface area contributed by atoms with Gasteiger partial charge in [-0.3, -0.25) is 10.1 Å². The Kier molecular flexibility index (Phi) is 6.80. The van der Waals surface area contributed by atoms with E-state index < -0.39 is 17.7 Å². The summed E-state index contributed by atoms with van der Waals surface area (Å²) in [4.78, 5) is 35.2. The van der Waals surface area contributed by atoms with Gasteiger partial charge in [-0.05, 0) is 72.6 Å². The van der Waals surface area contributed by atoms with Gasteiger partial charge in [0.25, 0.3) is 5.91 Å². The van der Waals surface area contributed by atoms with Crippen LogP contribution in [0.3, 0.4) is 0 Å². The monoisotopic (exact) mass is 448 g/mol. The van der Waals surface area contributed by atoms with Crippen LogP contribution in [0, 0.1) is 0 Å². The lowest BCUT2D eigenvalue weighted by molar-refractivity contribution is 0.0634. The van der Waals surface area contributed by atoms with Crippen molar-refractivity contribution in [3.05, 3.63) is 63.6 Å². The van der Waals surface area contributed by atoms with Crippen molar-refractivity contribution < 1.29 is 24.2 Å². The van der Waals surface area contributed by atoms with E-state index in [1.807, 2.05) is 6.07 Å². The Balaban J connectivity index is 1.99. The fourth-order valence-corrected chi connectivity index (χ4v) is 2.84. The van der Waals surface area contributed by atoms with Gasteiger partial charge in [0.2, 0.25) is 0 Å². The second kappa shape index (κ2) is 8.88. The molecule has 0 unspecified atom stereocenters. The molecule has 0 saturated heterocycles. The lowest BCUT2D eigenvalue weighted by atomic mass is 10.1. The zero-order chi connectivity index (χ0) is 20.9. The largest absolute Gasteiger partial charge is 0.478 e. The van der Waals surface area contributed by atoms with Gasteiger partial charge in [-0.1, -0.05) is 12.1 Å². The molecule has 0 saturated carbocycles. The van der Waals surface area contributed by atoms with Gasteiger partial charge >= 0.3 is 12.1 Å². The Morgan fingerprint density at radius 1 is 1.11 bits per heavy atom. The van der Waals surface area contributed by atoms with Crippen LogP contribution in [0.5, 0.6) is 0 Å². The third-order valence-electron chi connectivity index (χ3n) is 3.49. The van der Waals surface area contributed by atoms with E-state index in [2.05, 4.69) is 26.6 Å². The number of nitrogens with one attached hydrogen (secondary N) is 2. The van der Waals surface area contributed by atoms with Crippen LogP contribution in [-0.4, -0.2) is 28.7 Å². The number of anilines is 1. The first kappa shape index (κ1) is 21.4. The molecule has 0 aliphatic heterocycles. The molecule has 0 radical (unpaired) electrons. The molecule has 0 aliphatic rings. The number of aromatic carboxylic acids is 1. The highest BCUT2D eigenvalue weighted by Gasteiger charge is 2.16. The number of carbonyl (C=O) groups is 3. The van der Waals surface area contributed by atoms with Gasteiger partial charge in [0, 0.05) is 22.3 Å². The van der Waals surface area contributed by atoms with Crippen molar-refractivity contribution in [1.29, 1.82) is 0 Å². The van der Waals surface area contributed by atoms with E-state index in [1.54, 1.807) is 39.0 Å². The van der Waals surface area contributed by atoms with Crippen LogP contribution in [0.2, 0.25) is 0 Å². The van der Waals surface area contributed by atoms with Crippen molar-refractivity contribution in [3.63, 3.8) is 0 Å². The molecule has 2 amide bonds. The smallest absolute Gasteiger partial charge is 0.412 e. The van der Waals surface area contributed by atoms with Crippen LogP contribution in [0.15, 0.2) is 46.9 Å². The predicted octanol–water partition coefficient (Wildman–Crippen LogP) is 4.42. The Bertz CT molecular complexity index is 906. The maximum Gasteiger partial charge on any atom is 0.412 e. The number of hydrogen-bond donors (Lipinski definition) is 3. The fourth-order valence-electron chi connectivity index (χ4n) is 2.29. The van der Waals surface area contributed by atoms with E-state index in [4.69, 9.17) is 9.84 Å². The highest BCUT2D eigenvalue weighted by Crippen LogP contribution is 2.19. The van der Waals surface area contributed by atoms with Crippen LogP contribution in [-0.2, 0) is 11.3 Å². The van der Waals surface area contributed by atoms with Crippen molar-refractivity contribution in [2.75, 3.05) is 5.32 Å². The van der Waals surface area contributed by atoms with Crippen molar-refractivity contribution in [3.8, 4) is 0 Å². The van der Waals surface area contributed by atoms with Crippen molar-refractivity contribution in [2.24, 2.45) is 0 Å². The summed E-state index contributed by atoms with van der Waals surface area (Å²) in [5, 5.41) is 14.4. The number of amides is 2. The van der Waals surface area contributed by atoms with E-state index in [9.17, 15) is 14.4 Å². The molecule has 0 spiro atoms. The molecule has 0 aliphatic carbocycles. The van der Waals surface area contributed by atoms with Gasteiger partial charge in [0.05, 0.1) is 5.56 Å². The molecular formula is C20H21BrN2O5. The number of halogens is 1. The Hall–Kier alpha value is -2.87. The second-order valence-electron chi connectivity index (χ2n) is 7.01. The van der Waals surface area contributed by atoms with Crippen LogP contribution in [0.25, 0.3) is 0 Å². The Morgan fingerprint density at radius 2 is 1.82 bits per heavy atom. The quantitative estimate of drug-likeness (QED) is 0.627. The topological polar surface area (TPSA) is 105 Å². The van der Waals surface area contributed by atoms with Crippen LogP contribution in [0.1, 0.15) is 47.1 Å². The van der Waals surface area contributed by atoms with Crippen LogP contribution in [0.4, 0.5) is 10.5 Å². The average Bonchev–Trinajstić information content (AvgIpc) is 2.57. The van der Waals surface area contributed by atoms with Crippen molar-refractivity contribution >= 4 is 39.6 Å². The maximum atomic E-state index is 12.3. The Labute approximate surface area is 171 Å². The van der Waals surface area contributed by atoms with Gasteiger partial charge in [-0.2, -0.15) is 0 Å². The number of benzene rings is 2. The summed E-state index contributed by atoms with van der Waals surface area (Å²) in [6.07, 6.45) is -0.558. The maximum absolute atomic E-state index is 12.3. The summed E-state index contributed by atoms with van der Waals surface area (Å²) in [6.45, 7) is 5.57. The first-order chi connectivity index (χ1) is 13.0. The number of carboxylic acid groups (broad SMARTS) is 1. The molecule has 2 aromatic carbocycles. The molecule has 0 aromatic heterocycles. The summed E-state index contributed by atoms with van der Waals surface area (Å²) in [6, 6.07) is 11.3. The highest BCUT2D eigenvalue weighted by molar-refractivity contribution is 9.10. The minimum absolute atomic E-state index is 0.0810. The third kappa shape index (κ3) is 6.38. The van der Waals surface area contributed by atoms with E-state index in [1.165, 1.54) is 18.2 Å². The van der Waals surface area contributed by atoms with Gasteiger partial charge in [0.15, 0.2) is 0 Å². The summed E-state index contributed by atoms with van der Waals surface area (Å²) >= 11 is 3.15. The third-order valence-corrected chi connectivity index (χ3v) is 4.14. The second-order valence-corrected chi connectivity index (χ2v) is 7.86. The number of carboxylic acids is 1. The normalized spacial score (nSPS) is 10.9. The molecule has 0 heterocycles. The molecular weight excluding hydrogens is 428 g/mol. The Morgan fingerprint density at radius 3 is 2.43 bits per heavy atom. The predicted molar refractivity (Wildman–Crippen MR) is 109 cm³/mol. The lowest BCUT2D eigenvalue weighted by Gasteiger charge is -2.19. The van der Waals surface area contributed by atoms with Gasteiger partial charge in [0.1, 0.15) is 5.60 Å². The summed E-state index contributed by atoms with van der Waals surface area (Å²) in [5.74, 6) is -1.42. The molecule has 8 heteroatoms. The summed E-state index contributed by atoms with van der Waals surface area (Å²) < 4.78 is 5.54. The van der Waals surface area contributed by atoms with E-state index in [0.29, 0.717) is 15.7 Å². The van der Waals surface area contributed by atoms with Gasteiger partial charge in [-0.25, -0.2) is 9.59 Å². The SMILES string of the molecule is CC(C)(C)OC(=O)Nc1cccc(CNC(=O)c2ccc(C(=O)O)c(Br)c2)c1. The van der Waals surface area contributed by atoms with Gasteiger partial charge in [-0.15, -0.1) is 0 Å². The van der Waals surface area contributed by atoms with Crippen molar-refractivity contribution in [1.82, 2.24) is 5.32 Å². The molecule has 0 bridgehead atoms. The molecule has 3 N–H and O–H groups in total. The lowest BCUT2D eigenvalue weighted by Crippen LogP contribution is -2.27. The number of carbonyl (C=O) groups excluding carboxylic acids is 2. The number of ether oxygens (including phenoxy) is 1. The number of hydrogen-bond acceptors (Lipinski definition) is 4. The highest BCUT2D eigenvalue weighted by atomic mass is 79.9. The number of rotatable bonds is 5. The molecule has 2 rings (SSSR count). The molecule has 28 heavy (non-hydrogen) atoms. The summed E-state index contributed by atoms with van der Waals surface area (Å²) in [5.41, 5.74) is 1.15. The summed E-state index contributed by atoms with van der Waals surface area (Å²) in [7, 11) is 0. The van der Waals surface area contributed by atoms with E-state index in [-0.39, 0.29) is 18.0 Å². The van der Waals surface area contributed by atoms with Gasteiger partial charge < -0.3 is 15.2 Å². The molecule has 0 atom stereocenters. The zero-order valence-electron chi connectivity index (χ0n) is 15.7. The first-order valence-electron chi connectivity index (χ1n) is 8.45.